The molecule has 0 amide bonds. The average Bonchev–Trinajstić information content (AvgIpc) is 2.79. The molecule has 1 N–H and O–H groups in total. The molecule has 1 aromatic carbocycles. The summed E-state index contributed by atoms with van der Waals surface area (Å²) in [6, 6.07) is 10.4. The first-order valence-corrected chi connectivity index (χ1v) is 7.14. The van der Waals surface area contributed by atoms with Gasteiger partial charge in [0.15, 0.2) is 0 Å². The summed E-state index contributed by atoms with van der Waals surface area (Å²) in [5, 5.41) is 3.17. The van der Waals surface area contributed by atoms with Crippen LogP contribution in [0.3, 0.4) is 0 Å². The summed E-state index contributed by atoms with van der Waals surface area (Å²) in [5.41, 5.74) is 3.41. The monoisotopic (exact) mass is 312 g/mol. The van der Waals surface area contributed by atoms with Gasteiger partial charge in [-0.25, -0.2) is 0 Å². The van der Waals surface area contributed by atoms with Crippen molar-refractivity contribution in [2.24, 2.45) is 4.99 Å². The summed E-state index contributed by atoms with van der Waals surface area (Å²) in [7, 11) is 0. The lowest BCUT2D eigenvalue weighted by Crippen LogP contribution is -2.10. The van der Waals surface area contributed by atoms with Crippen LogP contribution >= 0.6 is 35.3 Å². The molecule has 1 unspecified atom stereocenters. The molecule has 1 aromatic heterocycles. The van der Waals surface area contributed by atoms with Gasteiger partial charge in [0.1, 0.15) is 6.04 Å². The van der Waals surface area contributed by atoms with E-state index in [2.05, 4.69) is 35.4 Å². The third-order valence-electron chi connectivity index (χ3n) is 3.11. The van der Waals surface area contributed by atoms with Gasteiger partial charge in [-0.1, -0.05) is 36.7 Å². The normalized spacial score (nSPS) is 16.4. The molecule has 0 radical (unpaired) electrons. The number of hydrogen-bond donors (Lipinski definition) is 1. The van der Waals surface area contributed by atoms with Crippen LogP contribution in [0.25, 0.3) is 0 Å². The van der Waals surface area contributed by atoms with E-state index in [9.17, 15) is 0 Å². The van der Waals surface area contributed by atoms with Crippen LogP contribution in [0.2, 0.25) is 4.34 Å². The number of fused-ring (bicyclic) bond motifs is 1. The number of benzene rings is 1. The van der Waals surface area contributed by atoms with Gasteiger partial charge in [0, 0.05) is 21.7 Å². The van der Waals surface area contributed by atoms with Crippen LogP contribution in [0.15, 0.2) is 35.3 Å². The number of para-hydroxylation sites is 1. The van der Waals surface area contributed by atoms with Gasteiger partial charge in [-0.15, -0.1) is 23.7 Å². The highest BCUT2D eigenvalue weighted by atomic mass is 35.5. The smallest absolute Gasteiger partial charge is 0.106 e. The van der Waals surface area contributed by atoms with Gasteiger partial charge >= 0.3 is 0 Å². The number of hydrogen-bond acceptors (Lipinski definition) is 3. The van der Waals surface area contributed by atoms with Crippen molar-refractivity contribution in [2.75, 3.05) is 5.32 Å². The van der Waals surface area contributed by atoms with Crippen LogP contribution in [0.5, 0.6) is 0 Å². The van der Waals surface area contributed by atoms with Crippen molar-refractivity contribution < 1.29 is 0 Å². The summed E-state index contributed by atoms with van der Waals surface area (Å²) >= 11 is 8.00. The van der Waals surface area contributed by atoms with Crippen molar-refractivity contribution >= 4 is 47.4 Å². The third-order valence-corrected chi connectivity index (χ3v) is 4.64. The minimum Gasteiger partial charge on any atom is -0.346 e. The Bertz CT molecular complexity index is 607. The molecule has 0 aliphatic carbocycles. The summed E-state index contributed by atoms with van der Waals surface area (Å²) < 4.78 is 0.853. The number of nitrogens with one attached hydrogen (secondary N) is 1. The molecule has 19 heavy (non-hydrogen) atoms. The molecule has 0 saturated heterocycles. The maximum atomic E-state index is 6.35. The minimum atomic E-state index is 0. The first-order valence-electron chi connectivity index (χ1n) is 5.95. The molecule has 3 rings (SSSR count). The van der Waals surface area contributed by atoms with Crippen molar-refractivity contribution in [2.45, 2.75) is 19.4 Å². The topological polar surface area (TPSA) is 24.4 Å². The van der Waals surface area contributed by atoms with Gasteiger partial charge < -0.3 is 5.32 Å². The molecule has 0 fully saturated rings. The van der Waals surface area contributed by atoms with Crippen molar-refractivity contribution in [3.05, 3.63) is 50.7 Å². The van der Waals surface area contributed by atoms with Gasteiger partial charge in [-0.05, 0) is 18.6 Å². The molecular formula is C14H14Cl2N2S. The highest BCUT2D eigenvalue weighted by Crippen LogP contribution is 2.40. The summed E-state index contributed by atoms with van der Waals surface area (Å²) in [4.78, 5) is 5.84. The van der Waals surface area contributed by atoms with Crippen LogP contribution in [0.4, 0.5) is 5.69 Å². The number of anilines is 1. The molecule has 2 aromatic rings. The Morgan fingerprint density at radius 1 is 1.32 bits per heavy atom. The molecule has 1 atom stereocenters. The predicted octanol–water partition coefficient (Wildman–Crippen LogP) is 4.93. The van der Waals surface area contributed by atoms with Crippen molar-refractivity contribution in [1.82, 2.24) is 0 Å². The van der Waals surface area contributed by atoms with E-state index in [1.54, 1.807) is 17.7 Å². The zero-order valence-corrected chi connectivity index (χ0v) is 12.8. The molecule has 1 aliphatic rings. The van der Waals surface area contributed by atoms with E-state index >= 15 is 0 Å². The summed E-state index contributed by atoms with van der Waals surface area (Å²) in [6.45, 7) is 2.14. The Hall–Kier alpha value is -1.03. The fourth-order valence-corrected chi connectivity index (χ4v) is 3.47. The van der Waals surface area contributed by atoms with Crippen LogP contribution in [0, 0.1) is 0 Å². The SMILES string of the molecule is CCc1cc(C2N=CNc3ccccc32)c(Cl)s1.Cl. The van der Waals surface area contributed by atoms with E-state index in [0.29, 0.717) is 0 Å². The molecule has 100 valence electrons. The second-order valence-corrected chi connectivity index (χ2v) is 5.95. The van der Waals surface area contributed by atoms with Crippen LogP contribution < -0.4 is 5.32 Å². The van der Waals surface area contributed by atoms with E-state index in [1.165, 1.54) is 10.4 Å². The maximum absolute atomic E-state index is 6.35. The number of thiophene rings is 1. The van der Waals surface area contributed by atoms with E-state index in [1.807, 2.05) is 12.1 Å². The molecule has 0 saturated carbocycles. The maximum Gasteiger partial charge on any atom is 0.106 e. The number of rotatable bonds is 2. The second kappa shape index (κ2) is 5.95. The molecule has 2 nitrogen and oxygen atoms in total. The highest BCUT2D eigenvalue weighted by Gasteiger charge is 2.22. The van der Waals surface area contributed by atoms with E-state index in [4.69, 9.17) is 11.6 Å². The highest BCUT2D eigenvalue weighted by molar-refractivity contribution is 7.16. The summed E-state index contributed by atoms with van der Waals surface area (Å²) in [6.07, 6.45) is 2.77. The van der Waals surface area contributed by atoms with E-state index in [-0.39, 0.29) is 18.4 Å². The Morgan fingerprint density at radius 2 is 2.11 bits per heavy atom. The molecular weight excluding hydrogens is 299 g/mol. The van der Waals surface area contributed by atoms with Gasteiger partial charge in [0.2, 0.25) is 0 Å². The molecule has 0 bridgehead atoms. The fourth-order valence-electron chi connectivity index (χ4n) is 2.17. The number of halogens is 2. The lowest BCUT2D eigenvalue weighted by Gasteiger charge is -2.20. The fraction of sp³-hybridized carbons (Fsp3) is 0.214. The minimum absolute atomic E-state index is 0. The van der Waals surface area contributed by atoms with Crippen molar-refractivity contribution in [3.63, 3.8) is 0 Å². The quantitative estimate of drug-likeness (QED) is 0.835. The van der Waals surface area contributed by atoms with Gasteiger partial charge in [0.05, 0.1) is 10.7 Å². The Balaban J connectivity index is 0.00000133. The van der Waals surface area contributed by atoms with Gasteiger partial charge in [0.25, 0.3) is 0 Å². The number of nitrogens with zero attached hydrogens (tertiary/aromatic N) is 1. The molecule has 1 aliphatic heterocycles. The summed E-state index contributed by atoms with van der Waals surface area (Å²) in [5.74, 6) is 0. The number of aryl methyl sites for hydroxylation is 1. The first kappa shape index (κ1) is 14.4. The standard InChI is InChI=1S/C14H13ClN2S.ClH/c1-2-9-7-11(14(15)18-9)13-10-5-3-4-6-12(10)16-8-17-13;/h3-8,13H,2H2,1H3,(H,16,17);1H. The zero-order valence-electron chi connectivity index (χ0n) is 10.4. The average molecular weight is 313 g/mol. The second-order valence-electron chi connectivity index (χ2n) is 4.21. The predicted molar refractivity (Wildman–Crippen MR) is 86.4 cm³/mol. The van der Waals surface area contributed by atoms with Crippen molar-refractivity contribution in [1.29, 1.82) is 0 Å². The Morgan fingerprint density at radius 3 is 2.84 bits per heavy atom. The van der Waals surface area contributed by atoms with E-state index in [0.717, 1.165) is 22.0 Å². The van der Waals surface area contributed by atoms with Crippen molar-refractivity contribution in [3.8, 4) is 0 Å². The van der Waals surface area contributed by atoms with Crippen LogP contribution in [-0.2, 0) is 6.42 Å². The van der Waals surface area contributed by atoms with E-state index < -0.39 is 0 Å². The molecule has 2 heterocycles. The Kier molecular flexibility index (Phi) is 4.50. The first-order chi connectivity index (χ1) is 8.79. The van der Waals surface area contributed by atoms with Crippen LogP contribution in [0.1, 0.15) is 29.0 Å². The molecule has 5 heteroatoms. The zero-order chi connectivity index (χ0) is 12.5. The molecule has 0 spiro atoms. The Labute approximate surface area is 127 Å². The lowest BCUT2D eigenvalue weighted by atomic mass is 9.98. The number of aliphatic imine (C=N–C) groups is 1. The third kappa shape index (κ3) is 2.64. The lowest BCUT2D eigenvalue weighted by molar-refractivity contribution is 0.874. The van der Waals surface area contributed by atoms with Gasteiger partial charge in [-0.2, -0.15) is 0 Å². The van der Waals surface area contributed by atoms with Gasteiger partial charge in [-0.3, -0.25) is 4.99 Å². The largest absolute Gasteiger partial charge is 0.346 e. The van der Waals surface area contributed by atoms with Crippen LogP contribution in [-0.4, -0.2) is 6.34 Å².